The van der Waals surface area contributed by atoms with Crippen LogP contribution in [-0.2, 0) is 11.3 Å². The molecule has 9 heteroatoms. The monoisotopic (exact) mass is 394 g/mol. The zero-order chi connectivity index (χ0) is 20.1. The summed E-state index contributed by atoms with van der Waals surface area (Å²) in [5.41, 5.74) is 1.25. The summed E-state index contributed by atoms with van der Waals surface area (Å²) in [6.45, 7) is 2.74. The van der Waals surface area contributed by atoms with E-state index in [-0.39, 0.29) is 18.8 Å². The van der Waals surface area contributed by atoms with E-state index in [1.165, 1.54) is 6.20 Å². The Morgan fingerprint density at radius 2 is 1.93 bits per heavy atom. The van der Waals surface area contributed by atoms with Crippen LogP contribution < -0.4 is 9.64 Å². The molecule has 29 heavy (non-hydrogen) atoms. The number of hydrogen-bond donors (Lipinski definition) is 0. The van der Waals surface area contributed by atoms with Gasteiger partial charge >= 0.3 is 6.09 Å². The lowest BCUT2D eigenvalue weighted by atomic mass is 9.96. The van der Waals surface area contributed by atoms with Crippen LogP contribution >= 0.6 is 0 Å². The van der Waals surface area contributed by atoms with Crippen molar-refractivity contribution in [3.8, 4) is 11.8 Å². The van der Waals surface area contributed by atoms with E-state index in [2.05, 4.69) is 21.0 Å². The third-order valence-electron chi connectivity index (χ3n) is 5.18. The minimum absolute atomic E-state index is 0.104. The maximum atomic E-state index is 12.1. The van der Waals surface area contributed by atoms with Crippen molar-refractivity contribution in [2.24, 2.45) is 0 Å². The van der Waals surface area contributed by atoms with Crippen molar-refractivity contribution in [3.63, 3.8) is 0 Å². The maximum absolute atomic E-state index is 12.1. The predicted molar refractivity (Wildman–Crippen MR) is 103 cm³/mol. The number of nitriles is 1. The minimum Gasteiger partial charge on any atom is -0.486 e. The van der Waals surface area contributed by atoms with Crippen LogP contribution in [0.3, 0.4) is 0 Å². The van der Waals surface area contributed by atoms with Gasteiger partial charge in [0.1, 0.15) is 18.8 Å². The van der Waals surface area contributed by atoms with E-state index in [1.54, 1.807) is 29.6 Å². The van der Waals surface area contributed by atoms with Gasteiger partial charge in [0.2, 0.25) is 5.95 Å². The molecular weight excluding hydrogens is 372 g/mol. The number of rotatable bonds is 5. The lowest BCUT2D eigenvalue weighted by Crippen LogP contribution is -2.50. The Morgan fingerprint density at radius 3 is 2.59 bits per heavy atom. The van der Waals surface area contributed by atoms with E-state index in [0.717, 1.165) is 24.8 Å². The van der Waals surface area contributed by atoms with Gasteiger partial charge in [-0.2, -0.15) is 5.26 Å². The Bertz CT molecular complexity index is 886. The van der Waals surface area contributed by atoms with E-state index in [4.69, 9.17) is 14.7 Å². The fourth-order valence-corrected chi connectivity index (χ4v) is 3.15. The zero-order valence-electron chi connectivity index (χ0n) is 16.0. The molecular formula is C20H22N6O3. The van der Waals surface area contributed by atoms with Crippen LogP contribution in [0.1, 0.15) is 30.4 Å². The molecule has 1 aliphatic heterocycles. The molecule has 0 atom stereocenters. The van der Waals surface area contributed by atoms with E-state index < -0.39 is 0 Å². The molecule has 2 aromatic heterocycles. The highest BCUT2D eigenvalue weighted by molar-refractivity contribution is 5.68. The summed E-state index contributed by atoms with van der Waals surface area (Å²) in [4.78, 5) is 28.6. The van der Waals surface area contributed by atoms with Crippen molar-refractivity contribution in [1.29, 1.82) is 5.26 Å². The second-order valence-electron chi connectivity index (χ2n) is 7.06. The van der Waals surface area contributed by atoms with Crippen molar-refractivity contribution in [1.82, 2.24) is 19.9 Å². The largest absolute Gasteiger partial charge is 0.486 e. The molecule has 2 fully saturated rings. The maximum Gasteiger partial charge on any atom is 0.410 e. The SMILES string of the molecule is N#Cc1cnccc1COc1cnc(N2CCN(C(=O)OC3CCC3)CC2)nc1. The molecule has 0 aromatic carbocycles. The molecule has 0 radical (unpaired) electrons. The Morgan fingerprint density at radius 1 is 1.17 bits per heavy atom. The third kappa shape index (κ3) is 4.54. The number of aromatic nitrogens is 3. The van der Waals surface area contributed by atoms with Crippen molar-refractivity contribution >= 4 is 12.0 Å². The van der Waals surface area contributed by atoms with E-state index in [9.17, 15) is 4.79 Å². The van der Waals surface area contributed by atoms with Gasteiger partial charge in [-0.25, -0.2) is 14.8 Å². The van der Waals surface area contributed by atoms with Crippen LogP contribution in [0.15, 0.2) is 30.9 Å². The zero-order valence-corrected chi connectivity index (χ0v) is 16.0. The van der Waals surface area contributed by atoms with E-state index in [0.29, 0.717) is 43.4 Å². The molecule has 0 spiro atoms. The summed E-state index contributed by atoms with van der Waals surface area (Å²) >= 11 is 0. The lowest BCUT2D eigenvalue weighted by Gasteiger charge is -2.35. The Labute approximate surface area is 168 Å². The topological polar surface area (TPSA) is 104 Å². The minimum atomic E-state index is -0.216. The number of piperazine rings is 1. The van der Waals surface area contributed by atoms with Crippen LogP contribution in [0.2, 0.25) is 0 Å². The summed E-state index contributed by atoms with van der Waals surface area (Å²) in [7, 11) is 0. The molecule has 150 valence electrons. The van der Waals surface area contributed by atoms with Gasteiger partial charge in [-0.15, -0.1) is 0 Å². The fraction of sp³-hybridized carbons (Fsp3) is 0.450. The van der Waals surface area contributed by atoms with Crippen molar-refractivity contribution < 1.29 is 14.3 Å². The van der Waals surface area contributed by atoms with Crippen molar-refractivity contribution in [2.75, 3.05) is 31.1 Å². The number of pyridine rings is 1. The van der Waals surface area contributed by atoms with Crippen molar-refractivity contribution in [2.45, 2.75) is 32.0 Å². The third-order valence-corrected chi connectivity index (χ3v) is 5.18. The first-order valence-electron chi connectivity index (χ1n) is 9.71. The van der Waals surface area contributed by atoms with Gasteiger partial charge in [0.25, 0.3) is 0 Å². The molecule has 1 saturated heterocycles. The van der Waals surface area contributed by atoms with Gasteiger partial charge in [-0.3, -0.25) is 4.98 Å². The van der Waals surface area contributed by atoms with Gasteiger partial charge in [0.15, 0.2) is 5.75 Å². The second-order valence-corrected chi connectivity index (χ2v) is 7.06. The highest BCUT2D eigenvalue weighted by atomic mass is 16.6. The highest BCUT2D eigenvalue weighted by Gasteiger charge is 2.28. The van der Waals surface area contributed by atoms with Gasteiger partial charge in [-0.1, -0.05) is 0 Å². The molecule has 3 heterocycles. The van der Waals surface area contributed by atoms with E-state index in [1.807, 2.05) is 4.90 Å². The number of carbonyl (C=O) groups is 1. The van der Waals surface area contributed by atoms with Crippen LogP contribution in [-0.4, -0.2) is 58.2 Å². The summed E-state index contributed by atoms with van der Waals surface area (Å²) < 4.78 is 11.1. The number of hydrogen-bond acceptors (Lipinski definition) is 8. The molecule has 1 aliphatic carbocycles. The van der Waals surface area contributed by atoms with Gasteiger partial charge in [-0.05, 0) is 25.3 Å². The first-order valence-corrected chi connectivity index (χ1v) is 9.71. The highest BCUT2D eigenvalue weighted by Crippen LogP contribution is 2.23. The van der Waals surface area contributed by atoms with Crippen LogP contribution in [0.5, 0.6) is 5.75 Å². The molecule has 0 unspecified atom stereocenters. The van der Waals surface area contributed by atoms with Gasteiger partial charge in [0.05, 0.1) is 18.0 Å². The first-order chi connectivity index (χ1) is 14.2. The number of amides is 1. The number of carbonyl (C=O) groups excluding carboxylic acids is 1. The molecule has 2 aromatic rings. The summed E-state index contributed by atoms with van der Waals surface area (Å²) in [6.07, 6.45) is 9.37. The summed E-state index contributed by atoms with van der Waals surface area (Å²) in [5.74, 6) is 1.13. The normalized spacial score (nSPS) is 16.7. The summed E-state index contributed by atoms with van der Waals surface area (Å²) in [5, 5.41) is 9.10. The molecule has 2 aliphatic rings. The van der Waals surface area contributed by atoms with Gasteiger partial charge in [0, 0.05) is 44.1 Å². The Balaban J connectivity index is 1.27. The number of anilines is 1. The lowest BCUT2D eigenvalue weighted by molar-refractivity contribution is 0.0259. The smallest absolute Gasteiger partial charge is 0.410 e. The fourth-order valence-electron chi connectivity index (χ4n) is 3.15. The molecule has 9 nitrogen and oxygen atoms in total. The second kappa shape index (κ2) is 8.73. The van der Waals surface area contributed by atoms with E-state index >= 15 is 0 Å². The molecule has 1 saturated carbocycles. The first kappa shape index (κ1) is 18.9. The average Bonchev–Trinajstić information content (AvgIpc) is 2.75. The van der Waals surface area contributed by atoms with Crippen LogP contribution in [0, 0.1) is 11.3 Å². The number of ether oxygens (including phenoxy) is 2. The standard InChI is InChI=1S/C20H22N6O3/c21-10-16-11-22-5-4-15(16)14-28-18-12-23-19(24-13-18)25-6-8-26(9-7-25)20(27)29-17-2-1-3-17/h4-5,11-13,17H,1-3,6-9,14H2. The average molecular weight is 394 g/mol. The molecule has 4 rings (SSSR count). The Hall–Kier alpha value is -3.41. The quantitative estimate of drug-likeness (QED) is 0.760. The molecule has 0 N–H and O–H groups in total. The van der Waals surface area contributed by atoms with Crippen molar-refractivity contribution in [3.05, 3.63) is 42.0 Å². The number of nitrogens with zero attached hydrogens (tertiary/aromatic N) is 6. The molecule has 0 bridgehead atoms. The van der Waals surface area contributed by atoms with Gasteiger partial charge < -0.3 is 19.3 Å². The predicted octanol–water partition coefficient (Wildman–Crippen LogP) is 2.13. The molecule has 1 amide bonds. The van der Waals surface area contributed by atoms with Crippen LogP contribution in [0.4, 0.5) is 10.7 Å². The summed E-state index contributed by atoms with van der Waals surface area (Å²) in [6, 6.07) is 3.85. The Kier molecular flexibility index (Phi) is 5.70. The van der Waals surface area contributed by atoms with Crippen LogP contribution in [0.25, 0.3) is 0 Å².